The summed E-state index contributed by atoms with van der Waals surface area (Å²) >= 11 is 0. The molecule has 1 atom stereocenters. The topological polar surface area (TPSA) is 41.8 Å². The quantitative estimate of drug-likeness (QED) is 0.274. The Morgan fingerprint density at radius 1 is 1.70 bits per heavy atom. The van der Waals surface area contributed by atoms with Gasteiger partial charge in [0.15, 0.2) is 0 Å². The van der Waals surface area contributed by atoms with Crippen LogP contribution in [0.5, 0.6) is 0 Å². The molecule has 0 radical (unpaired) electrons. The maximum Gasteiger partial charge on any atom is 0.0656 e. The number of hydrogen-bond donors (Lipinski definition) is 1. The van der Waals surface area contributed by atoms with Crippen molar-refractivity contribution < 1.29 is 9.94 Å². The normalized spacial score (nSPS) is 13.7. The smallest absolute Gasteiger partial charge is 0.0656 e. The minimum absolute atomic E-state index is 0.0911. The van der Waals surface area contributed by atoms with E-state index in [1.54, 1.807) is 13.2 Å². The minimum Gasteiger partial charge on any atom is -0.411 e. The Labute approximate surface area is 61.0 Å². The number of ether oxygens (including phenoxy) is 1. The molecular weight excluding hydrogens is 130 g/mol. The van der Waals surface area contributed by atoms with E-state index in [9.17, 15) is 0 Å². The van der Waals surface area contributed by atoms with Gasteiger partial charge in [0.05, 0.1) is 6.10 Å². The average molecular weight is 143 g/mol. The van der Waals surface area contributed by atoms with E-state index in [1.807, 2.05) is 0 Å². The molecule has 0 heterocycles. The van der Waals surface area contributed by atoms with Gasteiger partial charge in [-0.1, -0.05) is 6.08 Å². The minimum atomic E-state index is 0.0911. The molecule has 1 N–H and O–H groups in total. The highest BCUT2D eigenvalue weighted by molar-refractivity contribution is 5.56. The number of methoxy groups -OCH3 is 1. The lowest BCUT2D eigenvalue weighted by atomic mass is 10.2. The maximum absolute atomic E-state index is 8.07. The predicted octanol–water partition coefficient (Wildman–Crippen LogP) is 1.43. The van der Waals surface area contributed by atoms with Crippen LogP contribution in [0, 0.1) is 0 Å². The lowest BCUT2D eigenvalue weighted by Gasteiger charge is -2.08. The summed E-state index contributed by atoms with van der Waals surface area (Å²) < 4.78 is 5.02. The monoisotopic (exact) mass is 143 g/mol. The van der Waals surface area contributed by atoms with E-state index < -0.39 is 0 Å². The fourth-order valence-corrected chi connectivity index (χ4v) is 0.639. The third-order valence-corrected chi connectivity index (χ3v) is 1.21. The summed E-state index contributed by atoms with van der Waals surface area (Å²) in [6.07, 6.45) is 4.69. The van der Waals surface area contributed by atoms with Crippen LogP contribution in [0.1, 0.15) is 12.8 Å². The van der Waals surface area contributed by atoms with Crippen molar-refractivity contribution in [2.24, 2.45) is 5.16 Å². The maximum atomic E-state index is 8.07. The van der Waals surface area contributed by atoms with E-state index in [0.717, 1.165) is 6.42 Å². The molecule has 0 spiro atoms. The molecule has 10 heavy (non-hydrogen) atoms. The van der Waals surface area contributed by atoms with Crippen molar-refractivity contribution in [1.29, 1.82) is 0 Å². The molecule has 0 saturated carbocycles. The van der Waals surface area contributed by atoms with E-state index in [2.05, 4.69) is 11.7 Å². The first-order valence-corrected chi connectivity index (χ1v) is 3.14. The van der Waals surface area contributed by atoms with Gasteiger partial charge in [-0.15, -0.1) is 11.7 Å². The Balaban J connectivity index is 3.48. The molecule has 0 bridgehead atoms. The summed E-state index contributed by atoms with van der Waals surface area (Å²) in [5.41, 5.74) is 0. The summed E-state index contributed by atoms with van der Waals surface area (Å²) in [7, 11) is 1.62. The van der Waals surface area contributed by atoms with Gasteiger partial charge in [-0.05, 0) is 6.42 Å². The van der Waals surface area contributed by atoms with Crippen LogP contribution in [0.25, 0.3) is 0 Å². The molecule has 1 unspecified atom stereocenters. The zero-order valence-electron chi connectivity index (χ0n) is 6.16. The van der Waals surface area contributed by atoms with Gasteiger partial charge in [-0.2, -0.15) is 0 Å². The Kier molecular flexibility index (Phi) is 5.77. The Morgan fingerprint density at radius 2 is 2.40 bits per heavy atom. The molecule has 0 aliphatic rings. The van der Waals surface area contributed by atoms with Gasteiger partial charge < -0.3 is 9.94 Å². The first kappa shape index (κ1) is 9.17. The standard InChI is InChI=1S/C7H13NO2/c1-3-4-7(10-2)5-6-8-9/h3,6-7,9H,1,4-5H2,2H3. The first-order chi connectivity index (χ1) is 4.85. The molecule has 0 rings (SSSR count). The van der Waals surface area contributed by atoms with Crippen molar-refractivity contribution in [1.82, 2.24) is 0 Å². The fraction of sp³-hybridized carbons (Fsp3) is 0.571. The Hall–Kier alpha value is -0.830. The second-order valence-electron chi connectivity index (χ2n) is 1.92. The zero-order chi connectivity index (χ0) is 7.82. The zero-order valence-corrected chi connectivity index (χ0v) is 6.16. The molecule has 0 fully saturated rings. The molecule has 3 heteroatoms. The second kappa shape index (κ2) is 6.29. The lowest BCUT2D eigenvalue weighted by molar-refractivity contribution is 0.111. The third kappa shape index (κ3) is 4.09. The van der Waals surface area contributed by atoms with Gasteiger partial charge >= 0.3 is 0 Å². The van der Waals surface area contributed by atoms with Crippen LogP contribution in [-0.2, 0) is 4.74 Å². The van der Waals surface area contributed by atoms with Crippen LogP contribution in [0.15, 0.2) is 17.8 Å². The molecule has 0 amide bonds. The highest BCUT2D eigenvalue weighted by atomic mass is 16.5. The van der Waals surface area contributed by atoms with E-state index >= 15 is 0 Å². The Morgan fingerprint density at radius 3 is 2.80 bits per heavy atom. The van der Waals surface area contributed by atoms with Crippen LogP contribution in [-0.4, -0.2) is 24.6 Å². The lowest BCUT2D eigenvalue weighted by Crippen LogP contribution is -2.09. The van der Waals surface area contributed by atoms with Crippen molar-refractivity contribution in [3.05, 3.63) is 12.7 Å². The Bertz CT molecular complexity index is 112. The average Bonchev–Trinajstić information content (AvgIpc) is 1.98. The largest absolute Gasteiger partial charge is 0.411 e. The summed E-state index contributed by atoms with van der Waals surface area (Å²) in [5.74, 6) is 0. The first-order valence-electron chi connectivity index (χ1n) is 3.14. The summed E-state index contributed by atoms with van der Waals surface area (Å²) in [5, 5.41) is 10.9. The molecule has 0 aromatic carbocycles. The van der Waals surface area contributed by atoms with Gasteiger partial charge in [0, 0.05) is 19.7 Å². The van der Waals surface area contributed by atoms with Crippen molar-refractivity contribution in [2.45, 2.75) is 18.9 Å². The molecule has 0 aliphatic heterocycles. The fourth-order valence-electron chi connectivity index (χ4n) is 0.639. The summed E-state index contributed by atoms with van der Waals surface area (Å²) in [6.45, 7) is 3.57. The van der Waals surface area contributed by atoms with Crippen molar-refractivity contribution >= 4 is 6.21 Å². The number of hydrogen-bond acceptors (Lipinski definition) is 3. The highest BCUT2D eigenvalue weighted by Crippen LogP contribution is 2.00. The predicted molar refractivity (Wildman–Crippen MR) is 40.5 cm³/mol. The van der Waals surface area contributed by atoms with E-state index in [4.69, 9.17) is 9.94 Å². The van der Waals surface area contributed by atoms with E-state index in [-0.39, 0.29) is 6.10 Å². The van der Waals surface area contributed by atoms with Crippen LogP contribution in [0.2, 0.25) is 0 Å². The van der Waals surface area contributed by atoms with E-state index in [1.165, 1.54) is 6.21 Å². The van der Waals surface area contributed by atoms with Crippen molar-refractivity contribution in [3.8, 4) is 0 Å². The molecule has 3 nitrogen and oxygen atoms in total. The highest BCUT2D eigenvalue weighted by Gasteiger charge is 2.01. The van der Waals surface area contributed by atoms with Gasteiger partial charge in [0.25, 0.3) is 0 Å². The molecule has 0 saturated heterocycles. The van der Waals surface area contributed by atoms with Gasteiger partial charge in [-0.25, -0.2) is 0 Å². The number of rotatable bonds is 5. The molecule has 58 valence electrons. The van der Waals surface area contributed by atoms with Crippen molar-refractivity contribution in [2.75, 3.05) is 7.11 Å². The SMILES string of the molecule is C=CCC(CC=NO)OC. The van der Waals surface area contributed by atoms with Crippen LogP contribution >= 0.6 is 0 Å². The number of oxime groups is 1. The summed E-state index contributed by atoms with van der Waals surface area (Å²) in [6, 6.07) is 0. The third-order valence-electron chi connectivity index (χ3n) is 1.21. The number of nitrogens with zero attached hydrogens (tertiary/aromatic N) is 1. The van der Waals surface area contributed by atoms with Crippen LogP contribution in [0.3, 0.4) is 0 Å². The van der Waals surface area contributed by atoms with Gasteiger partial charge in [-0.3, -0.25) is 0 Å². The molecular formula is C7H13NO2. The molecule has 0 aliphatic carbocycles. The van der Waals surface area contributed by atoms with Crippen LogP contribution in [0.4, 0.5) is 0 Å². The van der Waals surface area contributed by atoms with Gasteiger partial charge in [0.1, 0.15) is 0 Å². The molecule has 0 aromatic rings. The van der Waals surface area contributed by atoms with Crippen molar-refractivity contribution in [3.63, 3.8) is 0 Å². The van der Waals surface area contributed by atoms with Gasteiger partial charge in [0.2, 0.25) is 0 Å². The van der Waals surface area contributed by atoms with E-state index in [0.29, 0.717) is 6.42 Å². The molecule has 0 aromatic heterocycles. The summed E-state index contributed by atoms with van der Waals surface area (Å²) in [4.78, 5) is 0. The van der Waals surface area contributed by atoms with Crippen LogP contribution < -0.4 is 0 Å². The second-order valence-corrected chi connectivity index (χ2v) is 1.92.